The van der Waals surface area contributed by atoms with Crippen LogP contribution >= 0.6 is 0 Å². The molecule has 2 aliphatic rings. The van der Waals surface area contributed by atoms with Crippen molar-refractivity contribution < 1.29 is 9.53 Å². The van der Waals surface area contributed by atoms with E-state index in [1.807, 2.05) is 24.4 Å². The zero-order chi connectivity index (χ0) is 24.7. The number of guanidine groups is 1. The van der Waals surface area contributed by atoms with Gasteiger partial charge >= 0.3 is 0 Å². The number of rotatable bonds is 5. The van der Waals surface area contributed by atoms with Crippen molar-refractivity contribution in [3.05, 3.63) is 65.7 Å². The second-order valence-corrected chi connectivity index (χ2v) is 9.32. The summed E-state index contributed by atoms with van der Waals surface area (Å²) < 4.78 is 5.38. The Balaban J connectivity index is 1.50. The van der Waals surface area contributed by atoms with E-state index in [-0.39, 0.29) is 11.3 Å². The van der Waals surface area contributed by atoms with Gasteiger partial charge in [-0.15, -0.1) is 4.99 Å². The number of piperazine rings is 1. The van der Waals surface area contributed by atoms with Gasteiger partial charge in [-0.25, -0.2) is 0 Å². The summed E-state index contributed by atoms with van der Waals surface area (Å²) in [5.41, 5.74) is 1.56. The van der Waals surface area contributed by atoms with Crippen LogP contribution in [0.15, 0.2) is 59.6 Å². The van der Waals surface area contributed by atoms with Gasteiger partial charge in [0.05, 0.1) is 12.7 Å². The summed E-state index contributed by atoms with van der Waals surface area (Å²) in [5, 5.41) is 12.6. The van der Waals surface area contributed by atoms with Gasteiger partial charge in [0, 0.05) is 51.2 Å². The number of hydrogen-bond acceptors (Lipinski definition) is 5. The van der Waals surface area contributed by atoms with Crippen molar-refractivity contribution in [2.24, 2.45) is 4.99 Å². The molecule has 2 fully saturated rings. The summed E-state index contributed by atoms with van der Waals surface area (Å²) in [4.78, 5) is 24.0. The molecule has 2 heterocycles. The number of carbonyl (C=O) groups excluding carboxylic acids is 1. The van der Waals surface area contributed by atoms with Crippen molar-refractivity contribution in [2.45, 2.75) is 18.3 Å². The molecule has 184 valence electrons. The molecular weight excluding hydrogens is 440 g/mol. The van der Waals surface area contributed by atoms with E-state index >= 15 is 0 Å². The molecule has 2 aromatic carbocycles. The largest absolute Gasteiger partial charge is 0.496 e. The summed E-state index contributed by atoms with van der Waals surface area (Å²) in [6.45, 7) is 5.72. The Morgan fingerprint density at radius 3 is 2.29 bits per heavy atom. The fourth-order valence-electron chi connectivity index (χ4n) is 5.06. The molecule has 0 bridgehead atoms. The highest BCUT2D eigenvalue weighted by Gasteiger charge is 2.38. The normalized spacial score (nSPS) is 18.6. The number of nitriles is 1. The van der Waals surface area contributed by atoms with E-state index < -0.39 is 0 Å². The van der Waals surface area contributed by atoms with E-state index in [1.54, 1.807) is 19.2 Å². The molecule has 1 N–H and O–H groups in total. The smallest absolute Gasteiger partial charge is 0.255 e. The van der Waals surface area contributed by atoms with E-state index in [0.29, 0.717) is 17.9 Å². The minimum absolute atomic E-state index is 0.135. The zero-order valence-corrected chi connectivity index (χ0v) is 20.6. The van der Waals surface area contributed by atoms with Crippen LogP contribution in [0.5, 0.6) is 5.75 Å². The van der Waals surface area contributed by atoms with Crippen molar-refractivity contribution in [3.8, 4) is 11.9 Å². The van der Waals surface area contributed by atoms with Gasteiger partial charge in [-0.3, -0.25) is 4.79 Å². The monoisotopic (exact) mass is 474 g/mol. The SMILES string of the molecule is COc1ccccc1C(=O)NCC1(c2ccccc2)CCN(C(=NC#N)N2CCN(C)CC2)CC1. The summed E-state index contributed by atoms with van der Waals surface area (Å²) >= 11 is 0. The van der Waals surface area contributed by atoms with Crippen LogP contribution in [-0.2, 0) is 5.41 Å². The molecule has 0 aliphatic carbocycles. The lowest BCUT2D eigenvalue weighted by atomic mass is 9.72. The number of carbonyl (C=O) groups is 1. The van der Waals surface area contributed by atoms with E-state index in [4.69, 9.17) is 4.74 Å². The standard InChI is InChI=1S/C27H34N6O2/c1-31-16-18-33(19-17-31)26(30-21-28)32-14-12-27(13-15-32,22-8-4-3-5-9-22)20-29-25(34)23-10-6-7-11-24(23)35-2/h3-11H,12-20H2,1-2H3,(H,29,34). The lowest BCUT2D eigenvalue weighted by Crippen LogP contribution is -2.56. The van der Waals surface area contributed by atoms with Crippen LogP contribution in [0.1, 0.15) is 28.8 Å². The number of hydrogen-bond donors (Lipinski definition) is 1. The number of para-hydroxylation sites is 1. The Labute approximate surface area is 207 Å². The Morgan fingerprint density at radius 1 is 1.00 bits per heavy atom. The predicted molar refractivity (Wildman–Crippen MR) is 136 cm³/mol. The lowest BCUT2D eigenvalue weighted by Gasteiger charge is -2.45. The molecule has 0 atom stereocenters. The average molecular weight is 475 g/mol. The van der Waals surface area contributed by atoms with Crippen molar-refractivity contribution in [1.82, 2.24) is 20.0 Å². The highest BCUT2D eigenvalue weighted by molar-refractivity contribution is 5.97. The number of ether oxygens (including phenoxy) is 1. The fraction of sp³-hybridized carbons (Fsp3) is 0.444. The Bertz CT molecular complexity index is 1060. The molecule has 4 rings (SSSR count). The predicted octanol–water partition coefficient (Wildman–Crippen LogP) is 2.54. The Hall–Kier alpha value is -3.57. The van der Waals surface area contributed by atoms with Crippen LogP contribution in [0.4, 0.5) is 0 Å². The minimum atomic E-state index is -0.199. The Kier molecular flexibility index (Phi) is 7.88. The van der Waals surface area contributed by atoms with Gasteiger partial charge in [0.2, 0.25) is 12.2 Å². The summed E-state index contributed by atoms with van der Waals surface area (Å²) in [5.74, 6) is 1.21. The van der Waals surface area contributed by atoms with Gasteiger partial charge in [0.15, 0.2) is 0 Å². The quantitative estimate of drug-likeness (QED) is 0.407. The zero-order valence-electron chi connectivity index (χ0n) is 20.6. The number of likely N-dealkylation sites (tertiary alicyclic amines) is 1. The second-order valence-electron chi connectivity index (χ2n) is 9.32. The van der Waals surface area contributed by atoms with Crippen molar-refractivity contribution in [3.63, 3.8) is 0 Å². The molecule has 2 saturated heterocycles. The van der Waals surface area contributed by atoms with Crippen LogP contribution in [0.25, 0.3) is 0 Å². The van der Waals surface area contributed by atoms with Crippen LogP contribution in [0.3, 0.4) is 0 Å². The molecule has 35 heavy (non-hydrogen) atoms. The van der Waals surface area contributed by atoms with E-state index in [2.05, 4.69) is 56.3 Å². The lowest BCUT2D eigenvalue weighted by molar-refractivity contribution is 0.0927. The number of aliphatic imine (C=N–C) groups is 1. The topological polar surface area (TPSA) is 84.2 Å². The summed E-state index contributed by atoms with van der Waals surface area (Å²) in [7, 11) is 3.70. The number of likely N-dealkylation sites (N-methyl/N-ethyl adjacent to an activating group) is 1. The number of piperidine rings is 1. The number of nitrogens with one attached hydrogen (secondary N) is 1. The molecule has 0 radical (unpaired) electrons. The van der Waals surface area contributed by atoms with Gasteiger partial charge in [0.1, 0.15) is 5.75 Å². The maximum atomic E-state index is 13.1. The highest BCUT2D eigenvalue weighted by atomic mass is 16.5. The first-order chi connectivity index (χ1) is 17.1. The first-order valence-electron chi connectivity index (χ1n) is 12.2. The number of nitrogens with zero attached hydrogens (tertiary/aromatic N) is 5. The van der Waals surface area contributed by atoms with E-state index in [0.717, 1.165) is 58.1 Å². The first-order valence-corrected chi connectivity index (χ1v) is 12.2. The molecule has 0 aromatic heterocycles. The molecule has 8 heteroatoms. The highest BCUT2D eigenvalue weighted by Crippen LogP contribution is 2.35. The minimum Gasteiger partial charge on any atom is -0.496 e. The number of benzene rings is 2. The Morgan fingerprint density at radius 2 is 1.63 bits per heavy atom. The molecule has 0 spiro atoms. The summed E-state index contributed by atoms with van der Waals surface area (Å²) in [6, 6.07) is 17.7. The molecular formula is C27H34N6O2. The molecule has 0 saturated carbocycles. The van der Waals surface area contributed by atoms with Gasteiger partial charge in [-0.05, 0) is 37.6 Å². The van der Waals surface area contributed by atoms with Crippen molar-refractivity contribution in [2.75, 3.05) is 60.0 Å². The number of amides is 1. The average Bonchev–Trinajstić information content (AvgIpc) is 2.92. The maximum Gasteiger partial charge on any atom is 0.255 e. The van der Waals surface area contributed by atoms with Crippen molar-refractivity contribution in [1.29, 1.82) is 5.26 Å². The van der Waals surface area contributed by atoms with Crippen LogP contribution < -0.4 is 10.1 Å². The third-order valence-corrected chi connectivity index (χ3v) is 7.26. The van der Waals surface area contributed by atoms with Crippen LogP contribution in [0, 0.1) is 11.5 Å². The molecule has 2 aromatic rings. The second kappa shape index (κ2) is 11.2. The number of methoxy groups -OCH3 is 1. The molecule has 1 amide bonds. The van der Waals surface area contributed by atoms with Crippen molar-refractivity contribution >= 4 is 11.9 Å². The first kappa shape index (κ1) is 24.6. The van der Waals surface area contributed by atoms with Gasteiger partial charge in [-0.2, -0.15) is 5.26 Å². The van der Waals surface area contributed by atoms with Gasteiger partial charge in [0.25, 0.3) is 5.91 Å². The third kappa shape index (κ3) is 5.57. The maximum absolute atomic E-state index is 13.1. The molecule has 8 nitrogen and oxygen atoms in total. The molecule has 2 aliphatic heterocycles. The molecule has 0 unspecified atom stereocenters. The fourth-order valence-corrected chi connectivity index (χ4v) is 5.06. The van der Waals surface area contributed by atoms with Crippen LogP contribution in [0.2, 0.25) is 0 Å². The van der Waals surface area contributed by atoms with Gasteiger partial charge < -0.3 is 24.8 Å². The van der Waals surface area contributed by atoms with E-state index in [1.165, 1.54) is 5.56 Å². The third-order valence-electron chi connectivity index (χ3n) is 7.26. The summed E-state index contributed by atoms with van der Waals surface area (Å²) in [6.07, 6.45) is 3.71. The van der Waals surface area contributed by atoms with Gasteiger partial charge in [-0.1, -0.05) is 42.5 Å². The van der Waals surface area contributed by atoms with Crippen LogP contribution in [-0.4, -0.2) is 86.5 Å². The van der Waals surface area contributed by atoms with E-state index in [9.17, 15) is 10.1 Å².